The lowest BCUT2D eigenvalue weighted by Gasteiger charge is -2.33. The fourth-order valence-corrected chi connectivity index (χ4v) is 5.71. The number of halogens is 1. The molecular formula is C29H33FN4O6Si. The van der Waals surface area contributed by atoms with Crippen molar-refractivity contribution in [3.63, 3.8) is 0 Å². The van der Waals surface area contributed by atoms with Crippen molar-refractivity contribution in [1.29, 1.82) is 0 Å². The van der Waals surface area contributed by atoms with Crippen LogP contribution in [0.4, 0.5) is 9.18 Å². The van der Waals surface area contributed by atoms with Gasteiger partial charge in [0.15, 0.2) is 17.7 Å². The third-order valence-corrected chi connectivity index (χ3v) is 9.03. The average Bonchev–Trinajstić information content (AvgIpc) is 3.54. The predicted molar refractivity (Wildman–Crippen MR) is 149 cm³/mol. The average molecular weight is 581 g/mol. The van der Waals surface area contributed by atoms with Crippen molar-refractivity contribution in [2.75, 3.05) is 19.9 Å². The van der Waals surface area contributed by atoms with Gasteiger partial charge in [-0.3, -0.25) is 9.59 Å². The molecule has 0 spiro atoms. The Kier molecular flexibility index (Phi) is 7.71. The third kappa shape index (κ3) is 5.75. The molecule has 2 aliphatic heterocycles. The molecule has 0 saturated carbocycles. The van der Waals surface area contributed by atoms with Crippen molar-refractivity contribution < 1.29 is 32.7 Å². The maximum absolute atomic E-state index is 14.2. The van der Waals surface area contributed by atoms with E-state index in [0.29, 0.717) is 34.9 Å². The summed E-state index contributed by atoms with van der Waals surface area (Å²) in [7, 11) is -1.39. The Morgan fingerprint density at radius 1 is 1.15 bits per heavy atom. The van der Waals surface area contributed by atoms with E-state index in [2.05, 4.69) is 29.9 Å². The highest BCUT2D eigenvalue weighted by atomic mass is 28.3. The van der Waals surface area contributed by atoms with Gasteiger partial charge >= 0.3 is 6.03 Å². The quantitative estimate of drug-likeness (QED) is 0.203. The van der Waals surface area contributed by atoms with Crippen LogP contribution in [0.1, 0.15) is 32.9 Å². The zero-order valence-electron chi connectivity index (χ0n) is 23.5. The molecule has 1 fully saturated rings. The standard InChI is InChI=1S/C29H33FN4O6Si/c1-19-25(40-17-31-19)15-39-24-8-6-5-7-23(24)29(16-33-14-20-9-10-21(30)13-22(20)26(33)35)27(36)34(28(37)32-29)18-38-11-12-41(2,3)4/h5-10,13,17H,11-12,14-16,18H2,1-4H3,(H,32,37). The van der Waals surface area contributed by atoms with Gasteiger partial charge in [-0.1, -0.05) is 43.9 Å². The van der Waals surface area contributed by atoms with Gasteiger partial charge in [-0.25, -0.2) is 19.1 Å². The number of aryl methyl sites for hydroxylation is 1. The number of oxazole rings is 1. The summed E-state index contributed by atoms with van der Waals surface area (Å²) in [5.74, 6) is -0.685. The van der Waals surface area contributed by atoms with Gasteiger partial charge < -0.3 is 24.1 Å². The number of nitrogens with one attached hydrogen (secondary N) is 1. The molecule has 5 rings (SSSR count). The summed E-state index contributed by atoms with van der Waals surface area (Å²) in [6, 6.07) is 11.1. The van der Waals surface area contributed by atoms with Crippen LogP contribution in [0, 0.1) is 12.7 Å². The summed E-state index contributed by atoms with van der Waals surface area (Å²) in [6.45, 7) is 8.62. The maximum atomic E-state index is 14.2. The molecule has 1 unspecified atom stereocenters. The van der Waals surface area contributed by atoms with E-state index in [-0.39, 0.29) is 32.0 Å². The minimum absolute atomic E-state index is 0.0396. The van der Waals surface area contributed by atoms with Gasteiger partial charge in [-0.05, 0) is 36.7 Å². The van der Waals surface area contributed by atoms with Gasteiger partial charge in [0, 0.05) is 32.4 Å². The Labute approximate surface area is 238 Å². The number of hydrogen-bond donors (Lipinski definition) is 1. The summed E-state index contributed by atoms with van der Waals surface area (Å²) >= 11 is 0. The monoisotopic (exact) mass is 580 g/mol. The number of urea groups is 1. The van der Waals surface area contributed by atoms with Gasteiger partial charge in [0.2, 0.25) is 0 Å². The summed E-state index contributed by atoms with van der Waals surface area (Å²) in [5.41, 5.74) is 0.225. The fraction of sp³-hybridized carbons (Fsp3) is 0.379. The Morgan fingerprint density at radius 3 is 2.66 bits per heavy atom. The van der Waals surface area contributed by atoms with Crippen LogP contribution in [-0.2, 0) is 28.2 Å². The molecule has 10 nitrogen and oxygen atoms in total. The van der Waals surface area contributed by atoms with Crippen LogP contribution in [0.15, 0.2) is 53.3 Å². The zero-order chi connectivity index (χ0) is 29.4. The Hall–Kier alpha value is -4.03. The number of nitrogens with zero attached hydrogens (tertiary/aromatic N) is 3. The van der Waals surface area contributed by atoms with E-state index in [4.69, 9.17) is 13.9 Å². The number of imide groups is 1. The molecule has 1 atom stereocenters. The number of fused-ring (bicyclic) bond motifs is 1. The normalized spacial score (nSPS) is 18.7. The highest BCUT2D eigenvalue weighted by molar-refractivity contribution is 6.76. The second-order valence-electron chi connectivity index (χ2n) is 11.5. The van der Waals surface area contributed by atoms with Crippen molar-refractivity contribution in [2.24, 2.45) is 0 Å². The van der Waals surface area contributed by atoms with Crippen LogP contribution in [-0.4, -0.2) is 60.6 Å². The molecule has 3 heterocycles. The van der Waals surface area contributed by atoms with E-state index in [1.54, 1.807) is 37.3 Å². The molecule has 1 N–H and O–H groups in total. The highest BCUT2D eigenvalue weighted by Gasteiger charge is 2.55. The van der Waals surface area contributed by atoms with E-state index in [0.717, 1.165) is 10.9 Å². The van der Waals surface area contributed by atoms with Crippen LogP contribution in [0.5, 0.6) is 5.75 Å². The number of benzene rings is 2. The van der Waals surface area contributed by atoms with Crippen molar-refractivity contribution in [2.45, 2.75) is 51.3 Å². The first kappa shape index (κ1) is 28.5. The number of amides is 4. The van der Waals surface area contributed by atoms with Gasteiger partial charge in [0.25, 0.3) is 11.8 Å². The summed E-state index contributed by atoms with van der Waals surface area (Å²) in [5, 5.41) is 2.85. The Morgan fingerprint density at radius 2 is 1.93 bits per heavy atom. The first-order valence-corrected chi connectivity index (χ1v) is 17.1. The number of carbonyl (C=O) groups excluding carboxylic acids is 3. The second-order valence-corrected chi connectivity index (χ2v) is 17.1. The first-order chi connectivity index (χ1) is 19.5. The molecule has 1 saturated heterocycles. The van der Waals surface area contributed by atoms with E-state index in [1.165, 1.54) is 23.4 Å². The SMILES string of the molecule is Cc1ncoc1COc1ccccc1C1(CN2Cc3ccc(F)cc3C2=O)NC(=O)N(COCC[Si](C)(C)C)C1=O. The number of aromatic nitrogens is 1. The first-order valence-electron chi connectivity index (χ1n) is 13.4. The fourth-order valence-electron chi connectivity index (χ4n) is 4.95. The molecule has 216 valence electrons. The number of carbonyl (C=O) groups is 3. The molecule has 3 aromatic rings. The molecule has 1 aromatic heterocycles. The molecule has 0 bridgehead atoms. The molecule has 0 aliphatic carbocycles. The van der Waals surface area contributed by atoms with Crippen molar-refractivity contribution in [3.05, 3.63) is 82.8 Å². The van der Waals surface area contributed by atoms with Crippen LogP contribution >= 0.6 is 0 Å². The largest absolute Gasteiger partial charge is 0.485 e. The number of rotatable bonds is 11. The molecule has 2 aromatic carbocycles. The number of hydrogen-bond acceptors (Lipinski definition) is 7. The van der Waals surface area contributed by atoms with Gasteiger partial charge in [-0.15, -0.1) is 0 Å². The third-order valence-electron chi connectivity index (χ3n) is 7.32. The minimum atomic E-state index is -1.68. The summed E-state index contributed by atoms with van der Waals surface area (Å²) in [4.78, 5) is 47.4. The maximum Gasteiger partial charge on any atom is 0.327 e. The molecule has 0 radical (unpaired) electrons. The van der Waals surface area contributed by atoms with Gasteiger partial charge in [-0.2, -0.15) is 0 Å². The van der Waals surface area contributed by atoms with Crippen LogP contribution in [0.3, 0.4) is 0 Å². The van der Waals surface area contributed by atoms with Crippen LogP contribution in [0.25, 0.3) is 0 Å². The number of ether oxygens (including phenoxy) is 2. The van der Waals surface area contributed by atoms with E-state index < -0.39 is 37.3 Å². The molecule has 4 amide bonds. The molecule has 2 aliphatic rings. The van der Waals surface area contributed by atoms with Crippen LogP contribution in [0.2, 0.25) is 25.7 Å². The van der Waals surface area contributed by atoms with Gasteiger partial charge in [0.05, 0.1) is 12.2 Å². The second kappa shape index (κ2) is 11.1. The lowest BCUT2D eigenvalue weighted by Crippen LogP contribution is -2.53. The summed E-state index contributed by atoms with van der Waals surface area (Å²) < 4.78 is 31.2. The van der Waals surface area contributed by atoms with E-state index in [9.17, 15) is 18.8 Å². The molecular weight excluding hydrogens is 547 g/mol. The van der Waals surface area contributed by atoms with Crippen LogP contribution < -0.4 is 10.1 Å². The smallest absolute Gasteiger partial charge is 0.327 e. The topological polar surface area (TPSA) is 114 Å². The lowest BCUT2D eigenvalue weighted by atomic mass is 9.88. The van der Waals surface area contributed by atoms with E-state index in [1.807, 2.05) is 0 Å². The van der Waals surface area contributed by atoms with E-state index >= 15 is 0 Å². The molecule has 12 heteroatoms. The highest BCUT2D eigenvalue weighted by Crippen LogP contribution is 2.38. The Balaban J connectivity index is 1.47. The molecule has 41 heavy (non-hydrogen) atoms. The minimum Gasteiger partial charge on any atom is -0.485 e. The van der Waals surface area contributed by atoms with Crippen molar-refractivity contribution >= 4 is 25.9 Å². The Bertz CT molecular complexity index is 1490. The lowest BCUT2D eigenvalue weighted by molar-refractivity contribution is -0.135. The zero-order valence-corrected chi connectivity index (χ0v) is 24.5. The number of para-hydroxylation sites is 1. The summed E-state index contributed by atoms with van der Waals surface area (Å²) in [6.07, 6.45) is 1.32. The van der Waals surface area contributed by atoms with Crippen molar-refractivity contribution in [3.8, 4) is 5.75 Å². The van der Waals surface area contributed by atoms with Crippen molar-refractivity contribution in [1.82, 2.24) is 20.1 Å². The predicted octanol–water partition coefficient (Wildman–Crippen LogP) is 4.42. The van der Waals surface area contributed by atoms with Gasteiger partial charge in [0.1, 0.15) is 24.9 Å².